The number of hydrogen-bond donors (Lipinski definition) is 2. The maximum Gasteiger partial charge on any atom is 0.407 e. The normalized spacial score (nSPS) is 36.0. The number of hydrogen-bond acceptors (Lipinski definition) is 3. The van der Waals surface area contributed by atoms with Crippen molar-refractivity contribution in [2.45, 2.75) is 51.7 Å². The maximum atomic E-state index is 11.7. The number of carbonyl (C=O) groups is 1. The highest BCUT2D eigenvalue weighted by Crippen LogP contribution is 2.48. The van der Waals surface area contributed by atoms with Crippen molar-refractivity contribution in [3.8, 4) is 0 Å². The predicted molar refractivity (Wildman–Crippen MR) is 64.6 cm³/mol. The van der Waals surface area contributed by atoms with Crippen LogP contribution in [0.3, 0.4) is 0 Å². The average molecular weight is 241 g/mol. The summed E-state index contributed by atoms with van der Waals surface area (Å²) in [6.45, 7) is 5.90. The fourth-order valence-electron chi connectivity index (χ4n) is 3.25. The molecular formula is C13H23NO3. The molecule has 0 radical (unpaired) electrons. The third kappa shape index (κ3) is 2.92. The Morgan fingerprint density at radius 2 is 2.00 bits per heavy atom. The van der Waals surface area contributed by atoms with Crippen molar-refractivity contribution < 1.29 is 14.6 Å². The summed E-state index contributed by atoms with van der Waals surface area (Å²) < 4.78 is 5.26. The highest BCUT2D eigenvalue weighted by Gasteiger charge is 2.46. The zero-order valence-corrected chi connectivity index (χ0v) is 10.9. The van der Waals surface area contributed by atoms with Gasteiger partial charge in [-0.1, -0.05) is 0 Å². The van der Waals surface area contributed by atoms with Crippen LogP contribution >= 0.6 is 0 Å². The van der Waals surface area contributed by atoms with Gasteiger partial charge in [-0.3, -0.25) is 0 Å². The number of aliphatic hydroxyl groups is 1. The highest BCUT2D eigenvalue weighted by molar-refractivity contribution is 5.68. The fourth-order valence-corrected chi connectivity index (χ4v) is 3.25. The first-order chi connectivity index (χ1) is 7.89. The lowest BCUT2D eigenvalue weighted by molar-refractivity contribution is 0.0476. The van der Waals surface area contributed by atoms with Crippen LogP contribution in [0.2, 0.25) is 0 Å². The highest BCUT2D eigenvalue weighted by atomic mass is 16.6. The number of ether oxygens (including phenoxy) is 1. The molecule has 1 amide bonds. The average Bonchev–Trinajstić information content (AvgIpc) is 2.72. The van der Waals surface area contributed by atoms with Gasteiger partial charge >= 0.3 is 6.09 Å². The SMILES string of the molecule is CC(C)(C)OC(=O)N[C@H]1C[C@H]2C[C@@H]1C[C@H]2CO. The summed E-state index contributed by atoms with van der Waals surface area (Å²) in [6, 6.07) is 0.248. The van der Waals surface area contributed by atoms with Crippen molar-refractivity contribution >= 4 is 6.09 Å². The monoisotopic (exact) mass is 241 g/mol. The number of rotatable bonds is 2. The van der Waals surface area contributed by atoms with Crippen LogP contribution in [0, 0.1) is 17.8 Å². The Morgan fingerprint density at radius 1 is 1.29 bits per heavy atom. The fraction of sp³-hybridized carbons (Fsp3) is 0.923. The van der Waals surface area contributed by atoms with E-state index in [1.165, 1.54) is 0 Å². The Morgan fingerprint density at radius 3 is 2.47 bits per heavy atom. The zero-order chi connectivity index (χ0) is 12.6. The van der Waals surface area contributed by atoms with E-state index in [-0.39, 0.29) is 12.1 Å². The number of alkyl carbamates (subject to hydrolysis) is 1. The summed E-state index contributed by atoms with van der Waals surface area (Å²) in [5.74, 6) is 1.58. The minimum Gasteiger partial charge on any atom is -0.444 e. The number of aliphatic hydroxyl groups excluding tert-OH is 1. The van der Waals surface area contributed by atoms with Crippen LogP contribution < -0.4 is 5.32 Å². The van der Waals surface area contributed by atoms with E-state index in [9.17, 15) is 9.90 Å². The molecule has 98 valence electrons. The molecule has 0 aromatic carbocycles. The molecule has 0 heterocycles. The van der Waals surface area contributed by atoms with Gasteiger partial charge in [-0.15, -0.1) is 0 Å². The first-order valence-corrected chi connectivity index (χ1v) is 6.49. The number of amides is 1. The van der Waals surface area contributed by atoms with E-state index < -0.39 is 5.60 Å². The van der Waals surface area contributed by atoms with Crippen molar-refractivity contribution in [3.63, 3.8) is 0 Å². The topological polar surface area (TPSA) is 58.6 Å². The van der Waals surface area contributed by atoms with Gasteiger partial charge in [0.1, 0.15) is 5.60 Å². The smallest absolute Gasteiger partial charge is 0.407 e. The molecule has 2 N–H and O–H groups in total. The van der Waals surface area contributed by atoms with E-state index in [1.807, 2.05) is 20.8 Å². The molecule has 0 saturated heterocycles. The largest absolute Gasteiger partial charge is 0.444 e. The molecular weight excluding hydrogens is 218 g/mol. The third-order valence-corrected chi connectivity index (χ3v) is 3.94. The Hall–Kier alpha value is -0.770. The second-order valence-electron chi connectivity index (χ2n) is 6.42. The van der Waals surface area contributed by atoms with Crippen molar-refractivity contribution in [1.82, 2.24) is 5.32 Å². The van der Waals surface area contributed by atoms with E-state index in [0.717, 1.165) is 19.3 Å². The van der Waals surface area contributed by atoms with Gasteiger partial charge in [0.15, 0.2) is 0 Å². The first kappa shape index (κ1) is 12.7. The van der Waals surface area contributed by atoms with Crippen LogP contribution in [0.1, 0.15) is 40.0 Å². The van der Waals surface area contributed by atoms with Gasteiger partial charge in [0.25, 0.3) is 0 Å². The van der Waals surface area contributed by atoms with Gasteiger partial charge in [0.2, 0.25) is 0 Å². The minimum absolute atomic E-state index is 0.248. The first-order valence-electron chi connectivity index (χ1n) is 6.49. The van der Waals surface area contributed by atoms with Gasteiger partial charge in [-0.05, 0) is 57.8 Å². The summed E-state index contributed by atoms with van der Waals surface area (Å²) in [6.07, 6.45) is 2.87. The van der Waals surface area contributed by atoms with E-state index >= 15 is 0 Å². The van der Waals surface area contributed by atoms with Crippen molar-refractivity contribution in [2.24, 2.45) is 17.8 Å². The minimum atomic E-state index is -0.435. The lowest BCUT2D eigenvalue weighted by Crippen LogP contribution is -2.42. The van der Waals surface area contributed by atoms with Crippen LogP contribution in [-0.4, -0.2) is 29.4 Å². The van der Waals surface area contributed by atoms with Crippen LogP contribution in [0.5, 0.6) is 0 Å². The number of fused-ring (bicyclic) bond motifs is 2. The molecule has 0 aromatic rings. The predicted octanol–water partition coefficient (Wildman–Crippen LogP) is 1.92. The second-order valence-corrected chi connectivity index (χ2v) is 6.42. The molecule has 2 fully saturated rings. The summed E-state index contributed by atoms with van der Waals surface area (Å²) in [4.78, 5) is 11.7. The molecule has 2 aliphatic rings. The van der Waals surface area contributed by atoms with Gasteiger partial charge < -0.3 is 15.2 Å². The van der Waals surface area contributed by atoms with Crippen molar-refractivity contribution in [1.29, 1.82) is 0 Å². The van der Waals surface area contributed by atoms with E-state index in [2.05, 4.69) is 5.32 Å². The Bertz CT molecular complexity index is 298. The molecule has 2 aliphatic carbocycles. The molecule has 2 rings (SSSR count). The summed E-state index contributed by atoms with van der Waals surface area (Å²) >= 11 is 0. The Balaban J connectivity index is 1.81. The van der Waals surface area contributed by atoms with E-state index in [1.54, 1.807) is 0 Å². The van der Waals surface area contributed by atoms with Crippen molar-refractivity contribution in [3.05, 3.63) is 0 Å². The standard InChI is InChI=1S/C13H23NO3/c1-13(2,3)17-12(16)14-11-6-8-4-9(11)5-10(8)7-15/h8-11,15H,4-7H2,1-3H3,(H,14,16)/t8-,9-,10+,11+/m1/s1. The summed E-state index contributed by atoms with van der Waals surface area (Å²) in [5, 5.41) is 12.2. The second kappa shape index (κ2) is 4.48. The van der Waals surface area contributed by atoms with E-state index in [4.69, 9.17) is 4.74 Å². The molecule has 0 spiro atoms. The number of carbonyl (C=O) groups excluding carboxylic acids is 1. The van der Waals surface area contributed by atoms with Crippen LogP contribution in [0.25, 0.3) is 0 Å². The third-order valence-electron chi connectivity index (χ3n) is 3.94. The van der Waals surface area contributed by atoms with Gasteiger partial charge in [-0.2, -0.15) is 0 Å². The number of nitrogens with one attached hydrogen (secondary N) is 1. The summed E-state index contributed by atoms with van der Waals surface area (Å²) in [7, 11) is 0. The van der Waals surface area contributed by atoms with E-state index in [0.29, 0.717) is 24.4 Å². The molecule has 2 bridgehead atoms. The Kier molecular flexibility index (Phi) is 3.34. The maximum absolute atomic E-state index is 11.7. The molecule has 4 heteroatoms. The van der Waals surface area contributed by atoms with Gasteiger partial charge in [0.05, 0.1) is 0 Å². The lowest BCUT2D eigenvalue weighted by atomic mass is 9.86. The zero-order valence-electron chi connectivity index (χ0n) is 10.9. The molecule has 2 saturated carbocycles. The van der Waals surface area contributed by atoms with Crippen LogP contribution in [0.15, 0.2) is 0 Å². The molecule has 0 aliphatic heterocycles. The summed E-state index contributed by atoms with van der Waals surface area (Å²) in [5.41, 5.74) is -0.435. The van der Waals surface area contributed by atoms with Crippen molar-refractivity contribution in [2.75, 3.05) is 6.61 Å². The molecule has 0 unspecified atom stereocenters. The lowest BCUT2D eigenvalue weighted by Gasteiger charge is -2.28. The van der Waals surface area contributed by atoms with Gasteiger partial charge in [0, 0.05) is 12.6 Å². The molecule has 17 heavy (non-hydrogen) atoms. The molecule has 0 aromatic heterocycles. The van der Waals surface area contributed by atoms with Gasteiger partial charge in [-0.25, -0.2) is 4.79 Å². The molecule has 4 atom stereocenters. The molecule has 4 nitrogen and oxygen atoms in total. The van der Waals surface area contributed by atoms with Crippen LogP contribution in [0.4, 0.5) is 4.79 Å². The Labute approximate surface area is 103 Å². The quantitative estimate of drug-likeness (QED) is 0.776. The van der Waals surface area contributed by atoms with Crippen LogP contribution in [-0.2, 0) is 4.74 Å².